The quantitative estimate of drug-likeness (QED) is 0.705. The molecule has 0 spiro atoms. The Labute approximate surface area is 85.1 Å². The summed E-state index contributed by atoms with van der Waals surface area (Å²) >= 11 is 5.65. The molecule has 0 atom stereocenters. The van der Waals surface area contributed by atoms with Crippen LogP contribution in [0.5, 0.6) is 0 Å². The Morgan fingerprint density at radius 3 is 2.93 bits per heavy atom. The van der Waals surface area contributed by atoms with E-state index in [9.17, 15) is 4.79 Å². The number of aldehydes is 1. The van der Waals surface area contributed by atoms with Crippen LogP contribution in [-0.2, 0) is 0 Å². The fraction of sp³-hybridized carbons (Fsp3) is 0. The number of halogens is 1. The second-order valence-corrected chi connectivity index (χ2v) is 3.04. The molecule has 14 heavy (non-hydrogen) atoms. The molecule has 0 saturated carbocycles. The van der Waals surface area contributed by atoms with Gasteiger partial charge >= 0.3 is 0 Å². The molecule has 0 amide bonds. The molecule has 70 valence electrons. The highest BCUT2D eigenvalue weighted by atomic mass is 35.5. The average Bonchev–Trinajstić information content (AvgIpc) is 2.65. The maximum atomic E-state index is 10.5. The first-order valence-corrected chi connectivity index (χ1v) is 4.30. The van der Waals surface area contributed by atoms with Crippen LogP contribution in [0.2, 0.25) is 5.15 Å². The average molecular weight is 208 g/mol. The van der Waals surface area contributed by atoms with E-state index in [1.807, 2.05) is 0 Å². The lowest BCUT2D eigenvalue weighted by Gasteiger charge is -1.99. The van der Waals surface area contributed by atoms with Gasteiger partial charge in [0.1, 0.15) is 6.29 Å². The minimum absolute atomic E-state index is 0.392. The van der Waals surface area contributed by atoms with Crippen LogP contribution >= 0.6 is 11.6 Å². The van der Waals surface area contributed by atoms with E-state index in [0.29, 0.717) is 16.5 Å². The second kappa shape index (κ2) is 3.59. The Morgan fingerprint density at radius 1 is 1.43 bits per heavy atom. The first kappa shape index (κ1) is 8.90. The molecule has 0 aliphatic heterocycles. The lowest BCUT2D eigenvalue weighted by Crippen LogP contribution is -1.98. The molecule has 0 radical (unpaired) electrons. The van der Waals surface area contributed by atoms with Crippen molar-refractivity contribution in [2.75, 3.05) is 0 Å². The van der Waals surface area contributed by atoms with Crippen molar-refractivity contribution in [1.82, 2.24) is 14.8 Å². The van der Waals surface area contributed by atoms with Crippen LogP contribution in [-0.4, -0.2) is 21.1 Å². The zero-order valence-electron chi connectivity index (χ0n) is 7.09. The number of hydrogen-bond acceptors (Lipinski definition) is 3. The van der Waals surface area contributed by atoms with Crippen molar-refractivity contribution in [3.63, 3.8) is 0 Å². The fourth-order valence-corrected chi connectivity index (χ4v) is 1.20. The van der Waals surface area contributed by atoms with Crippen LogP contribution in [0, 0.1) is 0 Å². The van der Waals surface area contributed by atoms with E-state index < -0.39 is 0 Å². The van der Waals surface area contributed by atoms with Crippen LogP contribution in [0.25, 0.3) is 5.82 Å². The van der Waals surface area contributed by atoms with E-state index in [1.54, 1.807) is 30.6 Å². The van der Waals surface area contributed by atoms with Gasteiger partial charge in [0, 0.05) is 18.0 Å². The maximum absolute atomic E-state index is 10.5. The van der Waals surface area contributed by atoms with E-state index in [2.05, 4.69) is 10.1 Å². The zero-order chi connectivity index (χ0) is 9.97. The number of rotatable bonds is 2. The highest BCUT2D eigenvalue weighted by Gasteiger charge is 2.00. The number of aromatic nitrogens is 3. The third kappa shape index (κ3) is 1.65. The molecule has 4 nitrogen and oxygen atoms in total. The summed E-state index contributed by atoms with van der Waals surface area (Å²) in [5.74, 6) is 0.571. The summed E-state index contributed by atoms with van der Waals surface area (Å²) in [5.41, 5.74) is 0.557. The highest BCUT2D eigenvalue weighted by molar-refractivity contribution is 6.29. The van der Waals surface area contributed by atoms with Crippen LogP contribution in [0.4, 0.5) is 0 Å². The molecule has 2 aromatic heterocycles. The van der Waals surface area contributed by atoms with Crippen molar-refractivity contribution in [2.24, 2.45) is 0 Å². The largest absolute Gasteiger partial charge is 0.298 e. The standard InChI is InChI=1S/C9H6ClN3O/c10-8-2-4-13(12-8)9-5-7(6-14)1-3-11-9/h1-6H. The summed E-state index contributed by atoms with van der Waals surface area (Å²) in [6.07, 6.45) is 3.99. The third-order valence-corrected chi connectivity index (χ3v) is 1.90. The van der Waals surface area contributed by atoms with Gasteiger partial charge in [-0.15, -0.1) is 0 Å². The van der Waals surface area contributed by atoms with Crippen molar-refractivity contribution in [3.8, 4) is 5.82 Å². The third-order valence-electron chi connectivity index (χ3n) is 1.70. The van der Waals surface area contributed by atoms with Gasteiger partial charge in [0.15, 0.2) is 11.0 Å². The zero-order valence-corrected chi connectivity index (χ0v) is 7.85. The van der Waals surface area contributed by atoms with E-state index in [0.717, 1.165) is 6.29 Å². The molecule has 0 unspecified atom stereocenters. The first-order chi connectivity index (χ1) is 6.79. The van der Waals surface area contributed by atoms with Crippen molar-refractivity contribution in [2.45, 2.75) is 0 Å². The van der Waals surface area contributed by atoms with Gasteiger partial charge in [-0.1, -0.05) is 11.6 Å². The van der Waals surface area contributed by atoms with Gasteiger partial charge in [-0.25, -0.2) is 9.67 Å². The van der Waals surface area contributed by atoms with E-state index in [4.69, 9.17) is 11.6 Å². The molecular formula is C9H6ClN3O. The van der Waals surface area contributed by atoms with Gasteiger partial charge in [0.2, 0.25) is 0 Å². The number of pyridine rings is 1. The van der Waals surface area contributed by atoms with Gasteiger partial charge in [-0.05, 0) is 18.2 Å². The lowest BCUT2D eigenvalue weighted by atomic mass is 10.3. The van der Waals surface area contributed by atoms with Crippen molar-refractivity contribution < 1.29 is 4.79 Å². The molecule has 0 saturated heterocycles. The molecule has 2 heterocycles. The smallest absolute Gasteiger partial charge is 0.154 e. The first-order valence-electron chi connectivity index (χ1n) is 3.92. The SMILES string of the molecule is O=Cc1ccnc(-n2ccc(Cl)n2)c1. The predicted molar refractivity (Wildman–Crippen MR) is 51.8 cm³/mol. The van der Waals surface area contributed by atoms with Crippen molar-refractivity contribution in [3.05, 3.63) is 41.3 Å². The fourth-order valence-electron chi connectivity index (χ4n) is 1.06. The van der Waals surface area contributed by atoms with Crippen molar-refractivity contribution in [1.29, 1.82) is 0 Å². The molecule has 0 aromatic carbocycles. The van der Waals surface area contributed by atoms with Crippen LogP contribution < -0.4 is 0 Å². The summed E-state index contributed by atoms with van der Waals surface area (Å²) < 4.78 is 1.51. The molecule has 0 aliphatic rings. The minimum atomic E-state index is 0.392. The Balaban J connectivity index is 2.46. The normalized spacial score (nSPS) is 10.1. The van der Waals surface area contributed by atoms with E-state index in [1.165, 1.54) is 4.68 Å². The Hall–Kier alpha value is -1.68. The summed E-state index contributed by atoms with van der Waals surface area (Å²) in [6, 6.07) is 4.91. The lowest BCUT2D eigenvalue weighted by molar-refractivity contribution is 0.112. The second-order valence-electron chi connectivity index (χ2n) is 2.65. The van der Waals surface area contributed by atoms with Crippen LogP contribution in [0.1, 0.15) is 10.4 Å². The predicted octanol–water partition coefficient (Wildman–Crippen LogP) is 1.73. The Morgan fingerprint density at radius 2 is 2.29 bits per heavy atom. The molecule has 2 rings (SSSR count). The monoisotopic (exact) mass is 207 g/mol. The number of carbonyl (C=O) groups is 1. The topological polar surface area (TPSA) is 47.8 Å². The molecule has 2 aromatic rings. The van der Waals surface area contributed by atoms with Crippen LogP contribution in [0.3, 0.4) is 0 Å². The van der Waals surface area contributed by atoms with E-state index in [-0.39, 0.29) is 0 Å². The van der Waals surface area contributed by atoms with Gasteiger partial charge in [-0.2, -0.15) is 5.10 Å². The molecule has 0 fully saturated rings. The molecule has 5 heteroatoms. The maximum Gasteiger partial charge on any atom is 0.154 e. The number of nitrogens with zero attached hydrogens (tertiary/aromatic N) is 3. The molecular weight excluding hydrogens is 202 g/mol. The summed E-state index contributed by atoms with van der Waals surface area (Å²) in [7, 11) is 0. The summed E-state index contributed by atoms with van der Waals surface area (Å²) in [6.45, 7) is 0. The Kier molecular flexibility index (Phi) is 2.28. The molecule has 0 N–H and O–H groups in total. The number of hydrogen-bond donors (Lipinski definition) is 0. The Bertz CT molecular complexity index is 467. The minimum Gasteiger partial charge on any atom is -0.298 e. The summed E-state index contributed by atoms with van der Waals surface area (Å²) in [5, 5.41) is 4.35. The summed E-state index contributed by atoms with van der Waals surface area (Å²) in [4.78, 5) is 14.6. The highest BCUT2D eigenvalue weighted by Crippen LogP contribution is 2.08. The van der Waals surface area contributed by atoms with Crippen LogP contribution in [0.15, 0.2) is 30.6 Å². The van der Waals surface area contributed by atoms with Gasteiger partial charge in [0.05, 0.1) is 0 Å². The van der Waals surface area contributed by atoms with Crippen molar-refractivity contribution >= 4 is 17.9 Å². The van der Waals surface area contributed by atoms with E-state index >= 15 is 0 Å². The number of carbonyl (C=O) groups excluding carboxylic acids is 1. The molecule has 0 aliphatic carbocycles. The van der Waals surface area contributed by atoms with Gasteiger partial charge in [0.25, 0.3) is 0 Å². The molecule has 0 bridgehead atoms. The van der Waals surface area contributed by atoms with Gasteiger partial charge in [-0.3, -0.25) is 4.79 Å². The van der Waals surface area contributed by atoms with Gasteiger partial charge < -0.3 is 0 Å².